The van der Waals surface area contributed by atoms with Crippen molar-refractivity contribution in [3.63, 3.8) is 0 Å². The monoisotopic (exact) mass is 246 g/mol. The third kappa shape index (κ3) is 4.64. The molecule has 2 rings (SSSR count). The first-order valence-electron chi connectivity index (χ1n) is 7.13. The van der Waals surface area contributed by atoms with Crippen molar-refractivity contribution in [3.8, 4) is 0 Å². The van der Waals surface area contributed by atoms with E-state index in [1.165, 1.54) is 24.8 Å². The molecule has 1 saturated carbocycles. The second-order valence-electron chi connectivity index (χ2n) is 5.52. The fraction of sp³-hybridized carbons (Fsp3) is 0.588. The number of rotatable bonds is 2. The van der Waals surface area contributed by atoms with Gasteiger partial charge in [0.15, 0.2) is 0 Å². The summed E-state index contributed by atoms with van der Waals surface area (Å²) in [6.45, 7) is 6.00. The molecular weight excluding hydrogens is 220 g/mol. The van der Waals surface area contributed by atoms with Crippen LogP contribution < -0.4 is 0 Å². The fourth-order valence-electron chi connectivity index (χ4n) is 2.40. The summed E-state index contributed by atoms with van der Waals surface area (Å²) in [5.74, 6) is 0.382. The summed E-state index contributed by atoms with van der Waals surface area (Å²) >= 11 is 0. The number of ketones is 1. The van der Waals surface area contributed by atoms with E-state index in [0.29, 0.717) is 5.78 Å². The van der Waals surface area contributed by atoms with Crippen LogP contribution in [0.25, 0.3) is 0 Å². The summed E-state index contributed by atoms with van der Waals surface area (Å²) in [5, 5.41) is 0. The molecule has 0 spiro atoms. The number of carbonyl (C=O) groups excluding carboxylic acids is 1. The highest BCUT2D eigenvalue weighted by atomic mass is 16.1. The minimum Gasteiger partial charge on any atom is -0.299 e. The molecule has 0 N–H and O–H groups in total. The van der Waals surface area contributed by atoms with Crippen molar-refractivity contribution < 1.29 is 4.79 Å². The van der Waals surface area contributed by atoms with Crippen LogP contribution in [0, 0.1) is 5.41 Å². The van der Waals surface area contributed by atoms with Crippen LogP contribution in [0.4, 0.5) is 0 Å². The topological polar surface area (TPSA) is 17.1 Å². The molecule has 1 aromatic carbocycles. The van der Waals surface area contributed by atoms with E-state index in [1.807, 2.05) is 6.07 Å². The van der Waals surface area contributed by atoms with Crippen LogP contribution in [-0.2, 0) is 11.2 Å². The predicted octanol–water partition coefficient (Wildman–Crippen LogP) is 4.79. The van der Waals surface area contributed by atoms with Gasteiger partial charge in [-0.05, 0) is 31.7 Å². The van der Waals surface area contributed by atoms with E-state index < -0.39 is 0 Å². The Morgan fingerprint density at radius 3 is 2.00 bits per heavy atom. The third-order valence-electron chi connectivity index (χ3n) is 4.06. The Labute approximate surface area is 112 Å². The molecule has 0 atom stereocenters. The first-order valence-corrected chi connectivity index (χ1v) is 7.13. The highest BCUT2D eigenvalue weighted by Gasteiger charge is 2.30. The Bertz CT molecular complexity index is 347. The standard InChI is InChI=1S/C9H16O.C8H10/c1-8(10)9(2)6-4-3-5-7-9;1-2-8-6-4-3-5-7-8/h3-7H2,1-2H3;3-7H,2H2,1H3. The second kappa shape index (κ2) is 7.35. The lowest BCUT2D eigenvalue weighted by atomic mass is 9.73. The summed E-state index contributed by atoms with van der Waals surface area (Å²) < 4.78 is 0. The minimum absolute atomic E-state index is 0.0399. The molecule has 18 heavy (non-hydrogen) atoms. The van der Waals surface area contributed by atoms with Crippen molar-refractivity contribution in [2.75, 3.05) is 0 Å². The molecule has 1 aliphatic rings. The van der Waals surface area contributed by atoms with Gasteiger partial charge < -0.3 is 0 Å². The molecule has 1 aromatic rings. The number of hydrogen-bond acceptors (Lipinski definition) is 1. The maximum Gasteiger partial charge on any atom is 0.135 e. The molecule has 1 heteroatoms. The van der Waals surface area contributed by atoms with Gasteiger partial charge in [-0.25, -0.2) is 0 Å². The van der Waals surface area contributed by atoms with E-state index in [2.05, 4.69) is 38.1 Å². The highest BCUT2D eigenvalue weighted by Crippen LogP contribution is 2.36. The van der Waals surface area contributed by atoms with Gasteiger partial charge in [-0.15, -0.1) is 0 Å². The van der Waals surface area contributed by atoms with Crippen molar-refractivity contribution in [1.82, 2.24) is 0 Å². The number of Topliss-reactive ketones (excluding diaryl/α,β-unsaturated/α-hetero) is 1. The van der Waals surface area contributed by atoms with Gasteiger partial charge in [-0.3, -0.25) is 4.79 Å². The lowest BCUT2D eigenvalue weighted by Crippen LogP contribution is -2.27. The van der Waals surface area contributed by atoms with Gasteiger partial charge in [-0.2, -0.15) is 0 Å². The average Bonchev–Trinajstić information content (AvgIpc) is 2.41. The van der Waals surface area contributed by atoms with E-state index in [0.717, 1.165) is 19.3 Å². The Morgan fingerprint density at radius 2 is 1.67 bits per heavy atom. The van der Waals surface area contributed by atoms with Crippen molar-refractivity contribution in [3.05, 3.63) is 35.9 Å². The lowest BCUT2D eigenvalue weighted by Gasteiger charge is -2.30. The summed E-state index contributed by atoms with van der Waals surface area (Å²) in [5.41, 5.74) is 1.45. The summed E-state index contributed by atoms with van der Waals surface area (Å²) in [4.78, 5) is 11.1. The molecule has 1 aliphatic carbocycles. The fourth-order valence-corrected chi connectivity index (χ4v) is 2.40. The first kappa shape index (κ1) is 14.9. The number of hydrogen-bond donors (Lipinski definition) is 0. The molecular formula is C17H26O. The molecule has 0 aliphatic heterocycles. The second-order valence-corrected chi connectivity index (χ2v) is 5.52. The van der Waals surface area contributed by atoms with E-state index in [-0.39, 0.29) is 5.41 Å². The van der Waals surface area contributed by atoms with Crippen LogP contribution in [0.5, 0.6) is 0 Å². The molecule has 0 aromatic heterocycles. The minimum atomic E-state index is 0.0399. The Hall–Kier alpha value is -1.11. The van der Waals surface area contributed by atoms with Crippen LogP contribution in [0.15, 0.2) is 30.3 Å². The van der Waals surface area contributed by atoms with Crippen molar-refractivity contribution in [1.29, 1.82) is 0 Å². The molecule has 0 unspecified atom stereocenters. The van der Waals surface area contributed by atoms with E-state index in [4.69, 9.17) is 0 Å². The number of benzene rings is 1. The molecule has 1 nitrogen and oxygen atoms in total. The normalized spacial score (nSPS) is 17.5. The largest absolute Gasteiger partial charge is 0.299 e. The maximum absolute atomic E-state index is 11.1. The van der Waals surface area contributed by atoms with Crippen molar-refractivity contribution in [2.24, 2.45) is 5.41 Å². The number of carbonyl (C=O) groups is 1. The molecule has 0 bridgehead atoms. The molecule has 0 radical (unpaired) electrons. The Balaban J connectivity index is 0.000000184. The van der Waals surface area contributed by atoms with Gasteiger partial charge in [0, 0.05) is 5.41 Å². The van der Waals surface area contributed by atoms with Gasteiger partial charge in [0.05, 0.1) is 0 Å². The van der Waals surface area contributed by atoms with Gasteiger partial charge in [0.25, 0.3) is 0 Å². The highest BCUT2D eigenvalue weighted by molar-refractivity contribution is 5.81. The summed E-state index contributed by atoms with van der Waals surface area (Å²) in [7, 11) is 0. The van der Waals surface area contributed by atoms with Crippen LogP contribution in [0.1, 0.15) is 58.4 Å². The van der Waals surface area contributed by atoms with Gasteiger partial charge in [0.1, 0.15) is 5.78 Å². The summed E-state index contributed by atoms with van der Waals surface area (Å²) in [6.07, 6.45) is 7.18. The zero-order valence-corrected chi connectivity index (χ0v) is 12.0. The first-order chi connectivity index (χ1) is 8.58. The SMILES string of the molecule is CC(=O)C1(C)CCCCC1.CCc1ccccc1. The van der Waals surface area contributed by atoms with Crippen LogP contribution >= 0.6 is 0 Å². The van der Waals surface area contributed by atoms with Crippen molar-refractivity contribution >= 4 is 5.78 Å². The third-order valence-corrected chi connectivity index (χ3v) is 4.06. The number of aryl methyl sites for hydroxylation is 1. The van der Waals surface area contributed by atoms with E-state index in [1.54, 1.807) is 6.92 Å². The lowest BCUT2D eigenvalue weighted by molar-refractivity contribution is -0.127. The van der Waals surface area contributed by atoms with Gasteiger partial charge in [0.2, 0.25) is 0 Å². The van der Waals surface area contributed by atoms with Crippen LogP contribution in [0.2, 0.25) is 0 Å². The molecule has 0 heterocycles. The quantitative estimate of drug-likeness (QED) is 0.733. The van der Waals surface area contributed by atoms with E-state index >= 15 is 0 Å². The van der Waals surface area contributed by atoms with Crippen LogP contribution in [0.3, 0.4) is 0 Å². The molecule has 100 valence electrons. The summed E-state index contributed by atoms with van der Waals surface area (Å²) in [6, 6.07) is 10.5. The van der Waals surface area contributed by atoms with Crippen molar-refractivity contribution in [2.45, 2.75) is 59.3 Å². The van der Waals surface area contributed by atoms with Gasteiger partial charge in [-0.1, -0.05) is 63.4 Å². The van der Waals surface area contributed by atoms with Gasteiger partial charge >= 0.3 is 0 Å². The predicted molar refractivity (Wildman–Crippen MR) is 77.7 cm³/mol. The average molecular weight is 246 g/mol. The molecule has 0 saturated heterocycles. The zero-order valence-electron chi connectivity index (χ0n) is 12.0. The maximum atomic E-state index is 11.1. The van der Waals surface area contributed by atoms with Crippen LogP contribution in [-0.4, -0.2) is 5.78 Å². The Kier molecular flexibility index (Phi) is 6.11. The Morgan fingerprint density at radius 1 is 1.11 bits per heavy atom. The molecule has 0 amide bonds. The van der Waals surface area contributed by atoms with E-state index in [9.17, 15) is 4.79 Å². The smallest absolute Gasteiger partial charge is 0.135 e. The molecule has 1 fully saturated rings. The zero-order chi connectivity index (χ0) is 13.4.